The Kier molecular flexibility index (Phi) is 6.83. The Balaban J connectivity index is 1.61. The van der Waals surface area contributed by atoms with Gasteiger partial charge in [-0.15, -0.1) is 11.3 Å². The van der Waals surface area contributed by atoms with Crippen LogP contribution in [0.25, 0.3) is 0 Å². The van der Waals surface area contributed by atoms with Gasteiger partial charge in [-0.3, -0.25) is 0 Å². The van der Waals surface area contributed by atoms with E-state index < -0.39 is 11.9 Å². The smallest absolute Gasteiger partial charge is 0.434 e. The summed E-state index contributed by atoms with van der Waals surface area (Å²) in [7, 11) is 1.64. The number of aromatic nitrogens is 1. The summed E-state index contributed by atoms with van der Waals surface area (Å²) in [5.74, 6) is 1.52. The van der Waals surface area contributed by atoms with Crippen molar-refractivity contribution in [3.63, 3.8) is 0 Å². The molecule has 2 aromatic rings. The molecule has 29 heavy (non-hydrogen) atoms. The van der Waals surface area contributed by atoms with Gasteiger partial charge in [-0.25, -0.2) is 9.98 Å². The molecule has 1 aliphatic rings. The number of ether oxygens (including phenoxy) is 1. The number of halogens is 3. The van der Waals surface area contributed by atoms with E-state index in [4.69, 9.17) is 4.74 Å². The Morgan fingerprint density at radius 3 is 2.45 bits per heavy atom. The number of hydrogen-bond acceptors (Lipinski definition) is 5. The molecule has 1 aromatic carbocycles. The highest BCUT2D eigenvalue weighted by molar-refractivity contribution is 7.09. The summed E-state index contributed by atoms with van der Waals surface area (Å²) in [5, 5.41) is 4.61. The van der Waals surface area contributed by atoms with Crippen molar-refractivity contribution in [2.75, 3.05) is 44.7 Å². The van der Waals surface area contributed by atoms with Crippen LogP contribution in [0.5, 0.6) is 5.75 Å². The lowest BCUT2D eigenvalue weighted by Crippen LogP contribution is -2.52. The predicted molar refractivity (Wildman–Crippen MR) is 109 cm³/mol. The van der Waals surface area contributed by atoms with E-state index in [1.54, 1.807) is 7.11 Å². The number of hydrogen-bond donors (Lipinski definition) is 1. The first-order valence-corrected chi connectivity index (χ1v) is 10.2. The van der Waals surface area contributed by atoms with Crippen molar-refractivity contribution in [3.8, 4) is 5.75 Å². The second-order valence-electron chi connectivity index (χ2n) is 6.47. The summed E-state index contributed by atoms with van der Waals surface area (Å²) < 4.78 is 43.3. The van der Waals surface area contributed by atoms with Crippen LogP contribution in [0.2, 0.25) is 0 Å². The average molecular weight is 427 g/mol. The first-order valence-electron chi connectivity index (χ1n) is 9.34. The molecule has 0 aliphatic carbocycles. The maximum Gasteiger partial charge on any atom is 0.434 e. The molecule has 0 radical (unpaired) electrons. The van der Waals surface area contributed by atoms with Gasteiger partial charge in [0.15, 0.2) is 11.7 Å². The van der Waals surface area contributed by atoms with E-state index in [9.17, 15) is 13.2 Å². The number of thiazole rings is 1. The Bertz CT molecular complexity index is 814. The van der Waals surface area contributed by atoms with Crippen LogP contribution < -0.4 is 15.0 Å². The summed E-state index contributed by atoms with van der Waals surface area (Å²) in [6.45, 7) is 5.96. The van der Waals surface area contributed by atoms with Crippen molar-refractivity contribution >= 4 is 23.0 Å². The van der Waals surface area contributed by atoms with Gasteiger partial charge in [0.05, 0.1) is 13.7 Å². The zero-order chi connectivity index (χ0) is 20.9. The maximum atomic E-state index is 12.7. The summed E-state index contributed by atoms with van der Waals surface area (Å²) >= 11 is 0.981. The zero-order valence-electron chi connectivity index (χ0n) is 16.4. The van der Waals surface area contributed by atoms with Gasteiger partial charge in [-0.05, 0) is 31.2 Å². The molecule has 1 fully saturated rings. The molecule has 0 saturated carbocycles. The van der Waals surface area contributed by atoms with Crippen molar-refractivity contribution in [2.45, 2.75) is 19.6 Å². The van der Waals surface area contributed by atoms with Crippen LogP contribution in [-0.4, -0.2) is 55.7 Å². The monoisotopic (exact) mass is 427 g/mol. The molecule has 2 heterocycles. The third kappa shape index (κ3) is 5.53. The van der Waals surface area contributed by atoms with E-state index >= 15 is 0 Å². The molecule has 158 valence electrons. The fourth-order valence-corrected chi connectivity index (χ4v) is 3.78. The van der Waals surface area contributed by atoms with Crippen molar-refractivity contribution in [3.05, 3.63) is 40.3 Å². The molecule has 3 rings (SSSR count). The van der Waals surface area contributed by atoms with Gasteiger partial charge in [0.1, 0.15) is 10.8 Å². The SMILES string of the molecule is CCNC(=NCc1nc(C(F)(F)F)cs1)N1CCN(c2ccc(OC)cc2)CC1. The first kappa shape index (κ1) is 21.2. The first-order chi connectivity index (χ1) is 13.9. The standard InChI is InChI=1S/C19H24F3N5OS/c1-3-23-18(24-12-17-25-16(13-29-17)19(20,21)22)27-10-8-26(9-11-27)14-4-6-15(28-2)7-5-14/h4-7,13H,3,8-12H2,1-2H3,(H,23,24). The highest BCUT2D eigenvalue weighted by Gasteiger charge is 2.33. The topological polar surface area (TPSA) is 53.0 Å². The lowest BCUT2D eigenvalue weighted by atomic mass is 10.2. The van der Waals surface area contributed by atoms with E-state index in [-0.39, 0.29) is 6.54 Å². The van der Waals surface area contributed by atoms with Gasteiger partial charge >= 0.3 is 6.18 Å². The van der Waals surface area contributed by atoms with Gasteiger partial charge in [0.2, 0.25) is 0 Å². The predicted octanol–water partition coefficient (Wildman–Crippen LogP) is 3.46. The fraction of sp³-hybridized carbons (Fsp3) is 0.474. The molecule has 0 atom stereocenters. The fourth-order valence-electron chi connectivity index (χ4n) is 3.05. The Hall–Kier alpha value is -2.49. The Morgan fingerprint density at radius 1 is 1.21 bits per heavy atom. The third-order valence-corrected chi connectivity index (χ3v) is 5.39. The normalized spacial score (nSPS) is 15.6. The second-order valence-corrected chi connectivity index (χ2v) is 7.41. The zero-order valence-corrected chi connectivity index (χ0v) is 17.2. The van der Waals surface area contributed by atoms with Crippen molar-refractivity contribution in [1.82, 2.24) is 15.2 Å². The number of rotatable bonds is 5. The van der Waals surface area contributed by atoms with Gasteiger partial charge in [-0.1, -0.05) is 0 Å². The van der Waals surface area contributed by atoms with Crippen molar-refractivity contribution < 1.29 is 17.9 Å². The van der Waals surface area contributed by atoms with Gasteiger partial charge in [-0.2, -0.15) is 13.2 Å². The quantitative estimate of drug-likeness (QED) is 0.585. The van der Waals surface area contributed by atoms with E-state index in [1.807, 2.05) is 31.2 Å². The number of nitrogens with one attached hydrogen (secondary N) is 1. The molecular formula is C19H24F3N5OS. The largest absolute Gasteiger partial charge is 0.497 e. The summed E-state index contributed by atoms with van der Waals surface area (Å²) in [4.78, 5) is 12.6. The molecule has 0 unspecified atom stereocenters. The van der Waals surface area contributed by atoms with E-state index in [0.717, 1.165) is 54.3 Å². The van der Waals surface area contributed by atoms with E-state index in [2.05, 4.69) is 25.1 Å². The number of guanidine groups is 1. The number of alkyl halides is 3. The van der Waals surface area contributed by atoms with Crippen LogP contribution in [-0.2, 0) is 12.7 Å². The van der Waals surface area contributed by atoms with Crippen molar-refractivity contribution in [2.24, 2.45) is 4.99 Å². The van der Waals surface area contributed by atoms with Crippen LogP contribution in [0.1, 0.15) is 17.6 Å². The average Bonchev–Trinajstić information content (AvgIpc) is 3.21. The number of benzene rings is 1. The highest BCUT2D eigenvalue weighted by Crippen LogP contribution is 2.30. The minimum absolute atomic E-state index is 0.127. The molecule has 1 aliphatic heterocycles. The minimum Gasteiger partial charge on any atom is -0.497 e. The molecular weight excluding hydrogens is 403 g/mol. The lowest BCUT2D eigenvalue weighted by Gasteiger charge is -2.37. The molecule has 1 aromatic heterocycles. The van der Waals surface area contributed by atoms with E-state index in [1.165, 1.54) is 0 Å². The number of piperazine rings is 1. The molecule has 0 spiro atoms. The van der Waals surface area contributed by atoms with Gasteiger partial charge in [0, 0.05) is 43.8 Å². The lowest BCUT2D eigenvalue weighted by molar-refractivity contribution is -0.140. The molecule has 0 amide bonds. The molecule has 1 saturated heterocycles. The number of anilines is 1. The maximum absolute atomic E-state index is 12.7. The molecule has 1 N–H and O–H groups in total. The second kappa shape index (κ2) is 9.34. The number of aliphatic imine (C=N–C) groups is 1. The van der Waals surface area contributed by atoms with Crippen LogP contribution in [0.4, 0.5) is 18.9 Å². The molecule has 10 heteroatoms. The van der Waals surface area contributed by atoms with Crippen LogP contribution in [0.15, 0.2) is 34.6 Å². The van der Waals surface area contributed by atoms with Gasteiger partial charge in [0.25, 0.3) is 0 Å². The summed E-state index contributed by atoms with van der Waals surface area (Å²) in [6, 6.07) is 7.95. The van der Waals surface area contributed by atoms with Crippen LogP contribution in [0, 0.1) is 0 Å². The minimum atomic E-state index is -4.42. The van der Waals surface area contributed by atoms with Crippen LogP contribution >= 0.6 is 11.3 Å². The Morgan fingerprint density at radius 2 is 1.90 bits per heavy atom. The van der Waals surface area contributed by atoms with Crippen LogP contribution in [0.3, 0.4) is 0 Å². The third-order valence-electron chi connectivity index (χ3n) is 4.56. The molecule has 6 nitrogen and oxygen atoms in total. The highest BCUT2D eigenvalue weighted by atomic mass is 32.1. The number of nitrogens with zero attached hydrogens (tertiary/aromatic N) is 4. The van der Waals surface area contributed by atoms with E-state index in [0.29, 0.717) is 17.5 Å². The number of methoxy groups -OCH3 is 1. The Labute approximate surface area is 172 Å². The van der Waals surface area contributed by atoms with Crippen molar-refractivity contribution in [1.29, 1.82) is 0 Å². The summed E-state index contributed by atoms with van der Waals surface area (Å²) in [6.07, 6.45) is -4.42. The van der Waals surface area contributed by atoms with Gasteiger partial charge < -0.3 is 19.9 Å². The molecule has 0 bridgehead atoms. The summed E-state index contributed by atoms with van der Waals surface area (Å²) in [5.41, 5.74) is 0.278.